The number of carboxylic acid groups (broad SMARTS) is 2. The summed E-state index contributed by atoms with van der Waals surface area (Å²) in [5.74, 6) is -1.95. The molecule has 1 aromatic heterocycles. The van der Waals surface area contributed by atoms with Crippen molar-refractivity contribution in [3.05, 3.63) is 108 Å². The summed E-state index contributed by atoms with van der Waals surface area (Å²) in [5, 5.41) is 22.7. The fourth-order valence-corrected chi connectivity index (χ4v) is 4.16. The van der Waals surface area contributed by atoms with Crippen LogP contribution in [0.4, 0.5) is 19.0 Å². The second kappa shape index (κ2) is 17.8. The molecule has 0 bridgehead atoms. The highest BCUT2D eigenvalue weighted by molar-refractivity contribution is 5.95. The molecule has 0 saturated heterocycles. The van der Waals surface area contributed by atoms with Gasteiger partial charge in [0.1, 0.15) is 17.3 Å². The molecule has 248 valence electrons. The van der Waals surface area contributed by atoms with Crippen LogP contribution in [0.15, 0.2) is 97.2 Å². The van der Waals surface area contributed by atoms with Crippen LogP contribution in [0.3, 0.4) is 0 Å². The van der Waals surface area contributed by atoms with Crippen LogP contribution >= 0.6 is 0 Å². The standard InChI is InChI=1S/C32H33N3O5.C2HF3O2/c1-2-39-27-16-14-24(15-17-27)23-10-12-25(13-11-23)29(22-31(36)37)35-32(38)26-7-5-8-28(21-26)40-20-6-19-34-30-9-3-4-18-33-30;3-2(4,5)1(6)7/h3-5,7-18,21,29H,2,6,19-20,22H2,1H3,(H,33,34)(H,35,38)(H,36,37);(H,6,7). The molecule has 0 aliphatic carbocycles. The van der Waals surface area contributed by atoms with E-state index in [0.29, 0.717) is 36.6 Å². The number of nitrogens with zero attached hydrogens (tertiary/aromatic N) is 1. The number of carbonyl (C=O) groups is 3. The van der Waals surface area contributed by atoms with Gasteiger partial charge < -0.3 is 30.3 Å². The third-order valence-corrected chi connectivity index (χ3v) is 6.40. The van der Waals surface area contributed by atoms with Gasteiger partial charge >= 0.3 is 18.1 Å². The largest absolute Gasteiger partial charge is 0.494 e. The lowest BCUT2D eigenvalue weighted by atomic mass is 9.98. The van der Waals surface area contributed by atoms with Crippen LogP contribution in [0.2, 0.25) is 0 Å². The summed E-state index contributed by atoms with van der Waals surface area (Å²) in [7, 11) is 0. The summed E-state index contributed by atoms with van der Waals surface area (Å²) >= 11 is 0. The normalized spacial score (nSPS) is 11.3. The summed E-state index contributed by atoms with van der Waals surface area (Å²) in [6.45, 7) is 3.71. The zero-order valence-corrected chi connectivity index (χ0v) is 25.4. The van der Waals surface area contributed by atoms with E-state index in [1.807, 2.05) is 73.7 Å². The second-order valence-electron chi connectivity index (χ2n) is 9.88. The Kier molecular flexibility index (Phi) is 13.6. The highest BCUT2D eigenvalue weighted by Crippen LogP contribution is 2.26. The number of halogens is 3. The third-order valence-electron chi connectivity index (χ3n) is 6.40. The zero-order valence-electron chi connectivity index (χ0n) is 25.4. The van der Waals surface area contributed by atoms with E-state index in [-0.39, 0.29) is 12.3 Å². The van der Waals surface area contributed by atoms with Gasteiger partial charge in [-0.15, -0.1) is 0 Å². The Hall–Kier alpha value is -5.59. The number of amides is 1. The van der Waals surface area contributed by atoms with Gasteiger partial charge in [0, 0.05) is 18.3 Å². The number of alkyl halides is 3. The Morgan fingerprint density at radius 1 is 0.851 bits per heavy atom. The molecule has 3 aromatic carbocycles. The number of pyridine rings is 1. The van der Waals surface area contributed by atoms with E-state index in [0.717, 1.165) is 29.1 Å². The van der Waals surface area contributed by atoms with Gasteiger partial charge in [-0.25, -0.2) is 9.78 Å². The molecule has 4 rings (SSSR count). The smallest absolute Gasteiger partial charge is 0.490 e. The second-order valence-corrected chi connectivity index (χ2v) is 9.88. The molecule has 0 spiro atoms. The van der Waals surface area contributed by atoms with Crippen LogP contribution in [-0.4, -0.2) is 59.0 Å². The van der Waals surface area contributed by atoms with Crippen LogP contribution in [0, 0.1) is 0 Å². The highest BCUT2D eigenvalue weighted by atomic mass is 19.4. The van der Waals surface area contributed by atoms with Crippen molar-refractivity contribution in [2.45, 2.75) is 32.0 Å². The van der Waals surface area contributed by atoms with Crippen LogP contribution in [0.5, 0.6) is 11.5 Å². The number of ether oxygens (including phenoxy) is 2. The predicted molar refractivity (Wildman–Crippen MR) is 168 cm³/mol. The van der Waals surface area contributed by atoms with Crippen LogP contribution in [0.25, 0.3) is 11.1 Å². The number of nitrogens with one attached hydrogen (secondary N) is 2. The zero-order chi connectivity index (χ0) is 34.2. The van der Waals surface area contributed by atoms with Gasteiger partial charge in [0.15, 0.2) is 0 Å². The molecule has 0 fully saturated rings. The highest BCUT2D eigenvalue weighted by Gasteiger charge is 2.38. The first kappa shape index (κ1) is 35.9. The minimum atomic E-state index is -5.08. The van der Waals surface area contributed by atoms with Crippen molar-refractivity contribution in [2.24, 2.45) is 0 Å². The maximum absolute atomic E-state index is 13.1. The summed E-state index contributed by atoms with van der Waals surface area (Å²) in [5.41, 5.74) is 3.09. The van der Waals surface area contributed by atoms with E-state index in [4.69, 9.17) is 19.4 Å². The van der Waals surface area contributed by atoms with Crippen LogP contribution < -0.4 is 20.1 Å². The molecule has 4 aromatic rings. The van der Waals surface area contributed by atoms with Crippen molar-refractivity contribution >= 4 is 23.7 Å². The fourth-order valence-electron chi connectivity index (χ4n) is 4.16. The van der Waals surface area contributed by atoms with Crippen molar-refractivity contribution in [2.75, 3.05) is 25.1 Å². The van der Waals surface area contributed by atoms with Crippen molar-refractivity contribution in [1.82, 2.24) is 10.3 Å². The van der Waals surface area contributed by atoms with E-state index < -0.39 is 24.2 Å². The Morgan fingerprint density at radius 2 is 1.51 bits per heavy atom. The molecule has 47 heavy (non-hydrogen) atoms. The van der Waals surface area contributed by atoms with Gasteiger partial charge in [-0.3, -0.25) is 9.59 Å². The maximum Gasteiger partial charge on any atom is 0.490 e. The first-order chi connectivity index (χ1) is 22.5. The molecular formula is C34H34F3N3O7. The van der Waals surface area contributed by atoms with E-state index in [9.17, 15) is 27.9 Å². The molecule has 0 aliphatic rings. The van der Waals surface area contributed by atoms with Gasteiger partial charge in [-0.2, -0.15) is 13.2 Å². The molecule has 1 unspecified atom stereocenters. The van der Waals surface area contributed by atoms with E-state index in [2.05, 4.69) is 15.6 Å². The molecule has 0 aliphatic heterocycles. The van der Waals surface area contributed by atoms with Crippen molar-refractivity contribution in [3.8, 4) is 22.6 Å². The maximum atomic E-state index is 13.1. The van der Waals surface area contributed by atoms with Gasteiger partial charge in [0.25, 0.3) is 5.91 Å². The molecule has 1 heterocycles. The molecule has 0 radical (unpaired) electrons. The van der Waals surface area contributed by atoms with Crippen molar-refractivity contribution in [3.63, 3.8) is 0 Å². The molecule has 1 atom stereocenters. The monoisotopic (exact) mass is 653 g/mol. The predicted octanol–water partition coefficient (Wildman–Crippen LogP) is 6.61. The molecule has 10 nitrogen and oxygen atoms in total. The fraction of sp³-hybridized carbons (Fsp3) is 0.235. The quantitative estimate of drug-likeness (QED) is 0.110. The van der Waals surface area contributed by atoms with Gasteiger partial charge in [0.2, 0.25) is 0 Å². The van der Waals surface area contributed by atoms with Gasteiger partial charge in [-0.05, 0) is 72.5 Å². The number of benzene rings is 3. The van der Waals surface area contributed by atoms with E-state index >= 15 is 0 Å². The molecule has 1 amide bonds. The minimum absolute atomic E-state index is 0.242. The van der Waals surface area contributed by atoms with Gasteiger partial charge in [-0.1, -0.05) is 48.5 Å². The summed E-state index contributed by atoms with van der Waals surface area (Å²) in [4.78, 5) is 37.8. The van der Waals surface area contributed by atoms with E-state index in [1.54, 1.807) is 30.5 Å². The number of anilines is 1. The average Bonchev–Trinajstić information content (AvgIpc) is 3.05. The van der Waals surface area contributed by atoms with Crippen molar-refractivity contribution in [1.29, 1.82) is 0 Å². The number of carboxylic acids is 2. The Morgan fingerprint density at radius 3 is 2.09 bits per heavy atom. The number of aromatic nitrogens is 1. The lowest BCUT2D eigenvalue weighted by molar-refractivity contribution is -0.192. The SMILES string of the molecule is CCOc1ccc(-c2ccc(C(CC(=O)O)NC(=O)c3cccc(OCCCNc4ccccn4)c3)cc2)cc1.O=C(O)C(F)(F)F. The Balaban J connectivity index is 0.000000771. The molecule has 13 heteroatoms. The van der Waals surface area contributed by atoms with Crippen molar-refractivity contribution < 1.29 is 47.2 Å². The molecule has 4 N–H and O–H groups in total. The summed E-state index contributed by atoms with van der Waals surface area (Å²) < 4.78 is 43.1. The third kappa shape index (κ3) is 12.4. The molecular weight excluding hydrogens is 619 g/mol. The lowest BCUT2D eigenvalue weighted by Crippen LogP contribution is -2.30. The average molecular weight is 654 g/mol. The number of hydrogen-bond acceptors (Lipinski definition) is 7. The van der Waals surface area contributed by atoms with E-state index in [1.165, 1.54) is 0 Å². The summed E-state index contributed by atoms with van der Waals surface area (Å²) in [6, 6.07) is 27.2. The van der Waals surface area contributed by atoms with Crippen LogP contribution in [0.1, 0.15) is 41.7 Å². The number of aliphatic carboxylic acids is 2. The Labute approximate surface area is 269 Å². The minimum Gasteiger partial charge on any atom is -0.494 e. The van der Waals surface area contributed by atoms with Crippen LogP contribution in [-0.2, 0) is 9.59 Å². The Bertz CT molecular complexity index is 1580. The van der Waals surface area contributed by atoms with Gasteiger partial charge in [0.05, 0.1) is 25.7 Å². The lowest BCUT2D eigenvalue weighted by Gasteiger charge is -2.18. The molecule has 0 saturated carbocycles. The number of carbonyl (C=O) groups excluding carboxylic acids is 1. The summed E-state index contributed by atoms with van der Waals surface area (Å²) in [6.07, 6.45) is -2.84. The first-order valence-electron chi connectivity index (χ1n) is 14.5. The first-order valence-corrected chi connectivity index (χ1v) is 14.5. The number of hydrogen-bond donors (Lipinski definition) is 4. The number of rotatable bonds is 14. The topological polar surface area (TPSA) is 147 Å².